The van der Waals surface area contributed by atoms with Crippen LogP contribution in [0.1, 0.15) is 31.9 Å². The Hall–Kier alpha value is -2.04. The first-order valence-electron chi connectivity index (χ1n) is 7.28. The topological polar surface area (TPSA) is 70.8 Å². The van der Waals surface area contributed by atoms with Gasteiger partial charge in [-0.15, -0.1) is 0 Å². The average Bonchev–Trinajstić information content (AvgIpc) is 2.97. The Morgan fingerprint density at radius 2 is 2.38 bits per heavy atom. The summed E-state index contributed by atoms with van der Waals surface area (Å²) in [6.07, 6.45) is 6.81. The number of piperidine rings is 1. The lowest BCUT2D eigenvalue weighted by molar-refractivity contribution is -0.138. The number of amides is 1. The number of carboxylic acids is 1. The molecule has 2 rings (SSSR count). The van der Waals surface area contributed by atoms with Gasteiger partial charge in [-0.25, -0.2) is 0 Å². The van der Waals surface area contributed by atoms with E-state index in [0.29, 0.717) is 12.3 Å². The molecule has 0 aromatic carbocycles. The van der Waals surface area contributed by atoms with Crippen molar-refractivity contribution in [1.29, 1.82) is 0 Å². The van der Waals surface area contributed by atoms with Crippen molar-refractivity contribution in [2.24, 2.45) is 11.8 Å². The predicted molar refractivity (Wildman–Crippen MR) is 78.5 cm³/mol. The summed E-state index contributed by atoms with van der Waals surface area (Å²) >= 11 is 0. The fourth-order valence-corrected chi connectivity index (χ4v) is 2.76. The third kappa shape index (κ3) is 4.48. The van der Waals surface area contributed by atoms with Gasteiger partial charge in [0.25, 0.3) is 0 Å². The van der Waals surface area contributed by atoms with Gasteiger partial charge in [-0.05, 0) is 42.9 Å². The van der Waals surface area contributed by atoms with Crippen molar-refractivity contribution in [2.75, 3.05) is 13.1 Å². The van der Waals surface area contributed by atoms with Crippen LogP contribution < -0.4 is 0 Å². The molecule has 114 valence electrons. The summed E-state index contributed by atoms with van der Waals surface area (Å²) in [6, 6.07) is 3.56. The molecule has 1 aromatic rings. The molecule has 0 aliphatic carbocycles. The largest absolute Gasteiger partial charge is 0.481 e. The Labute approximate surface area is 124 Å². The molecule has 0 bridgehead atoms. The second-order valence-electron chi connectivity index (χ2n) is 5.61. The van der Waals surface area contributed by atoms with Gasteiger partial charge in [0.1, 0.15) is 5.76 Å². The van der Waals surface area contributed by atoms with Crippen molar-refractivity contribution in [2.45, 2.75) is 26.2 Å². The molecule has 0 spiro atoms. The number of carbonyl (C=O) groups excluding carboxylic acids is 1. The Kier molecular flexibility index (Phi) is 5.20. The van der Waals surface area contributed by atoms with Crippen LogP contribution in [0, 0.1) is 11.8 Å². The molecule has 1 aliphatic rings. The zero-order valence-corrected chi connectivity index (χ0v) is 12.2. The average molecular weight is 291 g/mol. The highest BCUT2D eigenvalue weighted by Crippen LogP contribution is 2.26. The summed E-state index contributed by atoms with van der Waals surface area (Å²) in [5.41, 5.74) is 0. The minimum absolute atomic E-state index is 0.0429. The minimum Gasteiger partial charge on any atom is -0.481 e. The van der Waals surface area contributed by atoms with E-state index in [9.17, 15) is 9.59 Å². The first kappa shape index (κ1) is 15.4. The predicted octanol–water partition coefficient (Wildman–Crippen LogP) is 2.64. The summed E-state index contributed by atoms with van der Waals surface area (Å²) in [7, 11) is 0. The van der Waals surface area contributed by atoms with Crippen molar-refractivity contribution in [3.8, 4) is 0 Å². The van der Waals surface area contributed by atoms with E-state index in [0.717, 1.165) is 19.4 Å². The van der Waals surface area contributed by atoms with E-state index in [-0.39, 0.29) is 24.2 Å². The van der Waals surface area contributed by atoms with Gasteiger partial charge in [-0.2, -0.15) is 0 Å². The first-order valence-corrected chi connectivity index (χ1v) is 7.28. The number of rotatable bonds is 5. The van der Waals surface area contributed by atoms with Gasteiger partial charge in [0.05, 0.1) is 6.26 Å². The van der Waals surface area contributed by atoms with E-state index >= 15 is 0 Å². The number of nitrogens with zero attached hydrogens (tertiary/aromatic N) is 1. The minimum atomic E-state index is -0.774. The van der Waals surface area contributed by atoms with Gasteiger partial charge in [0.2, 0.25) is 5.91 Å². The van der Waals surface area contributed by atoms with E-state index in [1.165, 1.54) is 6.08 Å². The molecule has 2 atom stereocenters. The van der Waals surface area contributed by atoms with E-state index in [1.807, 2.05) is 6.92 Å². The van der Waals surface area contributed by atoms with Gasteiger partial charge in [-0.1, -0.05) is 6.92 Å². The molecule has 1 amide bonds. The van der Waals surface area contributed by atoms with Crippen LogP contribution in [0.5, 0.6) is 0 Å². The molecule has 2 heterocycles. The monoisotopic (exact) mass is 291 g/mol. The van der Waals surface area contributed by atoms with Crippen LogP contribution in [0.15, 0.2) is 28.9 Å². The molecule has 1 aromatic heterocycles. The molecule has 21 heavy (non-hydrogen) atoms. The lowest BCUT2D eigenvalue weighted by atomic mass is 9.84. The number of hydrogen-bond acceptors (Lipinski definition) is 3. The van der Waals surface area contributed by atoms with E-state index in [4.69, 9.17) is 9.52 Å². The molecule has 1 saturated heterocycles. The van der Waals surface area contributed by atoms with Crippen LogP contribution in [0.2, 0.25) is 0 Å². The lowest BCUT2D eigenvalue weighted by Crippen LogP contribution is -2.41. The van der Waals surface area contributed by atoms with Gasteiger partial charge >= 0.3 is 5.97 Å². The Morgan fingerprint density at radius 1 is 1.57 bits per heavy atom. The first-order chi connectivity index (χ1) is 10.1. The maximum atomic E-state index is 12.2. The van der Waals surface area contributed by atoms with Crippen molar-refractivity contribution < 1.29 is 19.1 Å². The molecule has 0 saturated carbocycles. The Morgan fingerprint density at radius 3 is 3.05 bits per heavy atom. The molecular formula is C16H21NO4. The van der Waals surface area contributed by atoms with Gasteiger partial charge in [0, 0.05) is 25.6 Å². The van der Waals surface area contributed by atoms with Crippen LogP contribution in [0.3, 0.4) is 0 Å². The molecule has 2 unspecified atom stereocenters. The van der Waals surface area contributed by atoms with E-state index < -0.39 is 5.97 Å². The molecular weight excluding hydrogens is 270 g/mol. The van der Waals surface area contributed by atoms with Crippen molar-refractivity contribution >= 4 is 18.0 Å². The highest BCUT2D eigenvalue weighted by atomic mass is 16.4. The van der Waals surface area contributed by atoms with Gasteiger partial charge < -0.3 is 14.4 Å². The van der Waals surface area contributed by atoms with E-state index in [1.54, 1.807) is 29.4 Å². The number of carboxylic acid groups (broad SMARTS) is 1. The number of carbonyl (C=O) groups is 2. The second kappa shape index (κ2) is 7.11. The molecule has 5 nitrogen and oxygen atoms in total. The SMILES string of the molecule is CC(CC(=O)O)C1CCCN(C(=O)/C=C/c2ccco2)C1. The summed E-state index contributed by atoms with van der Waals surface area (Å²) in [6.45, 7) is 3.32. The molecule has 1 aliphatic heterocycles. The third-order valence-corrected chi connectivity index (χ3v) is 4.00. The Bertz CT molecular complexity index is 506. The quantitative estimate of drug-likeness (QED) is 0.847. The highest BCUT2D eigenvalue weighted by Gasteiger charge is 2.27. The summed E-state index contributed by atoms with van der Waals surface area (Å²) in [5, 5.41) is 8.88. The van der Waals surface area contributed by atoms with Crippen molar-refractivity contribution in [3.05, 3.63) is 30.2 Å². The number of aliphatic carboxylic acids is 1. The lowest BCUT2D eigenvalue weighted by Gasteiger charge is -2.35. The van der Waals surface area contributed by atoms with Crippen LogP contribution in [0.4, 0.5) is 0 Å². The highest BCUT2D eigenvalue weighted by molar-refractivity contribution is 5.91. The third-order valence-electron chi connectivity index (χ3n) is 4.00. The van der Waals surface area contributed by atoms with Gasteiger partial charge in [0.15, 0.2) is 0 Å². The smallest absolute Gasteiger partial charge is 0.303 e. The van der Waals surface area contributed by atoms with Crippen LogP contribution in [-0.4, -0.2) is 35.0 Å². The molecule has 1 N–H and O–H groups in total. The maximum Gasteiger partial charge on any atom is 0.303 e. The fourth-order valence-electron chi connectivity index (χ4n) is 2.76. The standard InChI is InChI=1S/C16H21NO4/c1-12(10-16(19)20)13-4-2-8-17(11-13)15(18)7-6-14-5-3-9-21-14/h3,5-7,9,12-13H,2,4,8,10-11H2,1H3,(H,19,20)/b7-6+. The van der Waals surface area contributed by atoms with Gasteiger partial charge in [-0.3, -0.25) is 9.59 Å². The van der Waals surface area contributed by atoms with Crippen LogP contribution in [-0.2, 0) is 9.59 Å². The van der Waals surface area contributed by atoms with Crippen LogP contribution >= 0.6 is 0 Å². The second-order valence-corrected chi connectivity index (χ2v) is 5.61. The number of hydrogen-bond donors (Lipinski definition) is 1. The maximum absolute atomic E-state index is 12.2. The summed E-state index contributed by atoms with van der Waals surface area (Å²) in [5.74, 6) is 0.182. The summed E-state index contributed by atoms with van der Waals surface area (Å²) < 4.78 is 5.15. The molecule has 0 radical (unpaired) electrons. The number of likely N-dealkylation sites (tertiary alicyclic amines) is 1. The van der Waals surface area contributed by atoms with Crippen molar-refractivity contribution in [1.82, 2.24) is 4.90 Å². The molecule has 1 fully saturated rings. The van der Waals surface area contributed by atoms with Crippen molar-refractivity contribution in [3.63, 3.8) is 0 Å². The summed E-state index contributed by atoms with van der Waals surface area (Å²) in [4.78, 5) is 24.8. The normalized spacial score (nSPS) is 20.6. The fraction of sp³-hybridized carbons (Fsp3) is 0.500. The zero-order valence-electron chi connectivity index (χ0n) is 12.2. The molecule has 5 heteroatoms. The van der Waals surface area contributed by atoms with Crippen LogP contribution in [0.25, 0.3) is 6.08 Å². The Balaban J connectivity index is 1.91. The zero-order chi connectivity index (χ0) is 15.2. The number of furan rings is 1. The van der Waals surface area contributed by atoms with E-state index in [2.05, 4.69) is 0 Å².